The van der Waals surface area contributed by atoms with E-state index in [2.05, 4.69) is 10.3 Å². The molecule has 2 aliphatic rings. The zero-order chi connectivity index (χ0) is 26.4. The highest BCUT2D eigenvalue weighted by molar-refractivity contribution is 6.30. The Morgan fingerprint density at radius 2 is 1.78 bits per heavy atom. The second kappa shape index (κ2) is 9.08. The molecule has 0 spiro atoms. The van der Waals surface area contributed by atoms with Crippen molar-refractivity contribution in [2.75, 3.05) is 0 Å². The van der Waals surface area contributed by atoms with Crippen LogP contribution in [-0.2, 0) is 33.0 Å². The molecule has 13 heteroatoms. The molecule has 1 saturated heterocycles. The summed E-state index contributed by atoms with van der Waals surface area (Å²) in [7, 11) is 0. The molecular formula is C23H15ClF5N3O4. The maximum Gasteiger partial charge on any atom is 0.416 e. The Morgan fingerprint density at radius 1 is 1.06 bits per heavy atom. The van der Waals surface area contributed by atoms with Gasteiger partial charge in [0.2, 0.25) is 11.8 Å². The molecule has 188 valence electrons. The van der Waals surface area contributed by atoms with E-state index in [4.69, 9.17) is 11.6 Å². The van der Waals surface area contributed by atoms with Gasteiger partial charge in [0.25, 0.3) is 5.91 Å². The number of carbonyl (C=O) groups excluding carboxylic acids is 4. The van der Waals surface area contributed by atoms with Gasteiger partial charge in [-0.05, 0) is 41.8 Å². The van der Waals surface area contributed by atoms with Crippen LogP contribution in [0.15, 0.2) is 41.4 Å². The average molecular weight is 528 g/mol. The molecule has 4 amide bonds. The van der Waals surface area contributed by atoms with Crippen LogP contribution in [0.1, 0.15) is 45.5 Å². The van der Waals surface area contributed by atoms with E-state index in [0.717, 1.165) is 12.3 Å². The van der Waals surface area contributed by atoms with Crippen LogP contribution in [0.2, 0.25) is 5.02 Å². The number of nitrogens with one attached hydrogen (secondary N) is 1. The minimum atomic E-state index is -5.19. The lowest BCUT2D eigenvalue weighted by molar-refractivity contribution is -0.150. The summed E-state index contributed by atoms with van der Waals surface area (Å²) in [6.07, 6.45) is -4.23. The first-order valence-corrected chi connectivity index (χ1v) is 10.8. The molecule has 7 nitrogen and oxygen atoms in total. The molecule has 0 aromatic heterocycles. The molecule has 2 heterocycles. The van der Waals surface area contributed by atoms with E-state index in [0.29, 0.717) is 17.7 Å². The van der Waals surface area contributed by atoms with Crippen molar-refractivity contribution in [1.29, 1.82) is 0 Å². The van der Waals surface area contributed by atoms with Crippen LogP contribution in [0.5, 0.6) is 0 Å². The number of amides is 4. The molecule has 4 rings (SSSR count). The fourth-order valence-electron chi connectivity index (χ4n) is 4.03. The monoisotopic (exact) mass is 527 g/mol. The van der Waals surface area contributed by atoms with Gasteiger partial charge in [-0.1, -0.05) is 23.7 Å². The molecule has 2 aliphatic heterocycles. The van der Waals surface area contributed by atoms with Crippen LogP contribution in [0.25, 0.3) is 0 Å². The number of nitrogens with zero attached hydrogens (tertiary/aromatic N) is 2. The number of rotatable bonds is 4. The lowest BCUT2D eigenvalue weighted by Gasteiger charge is -2.29. The van der Waals surface area contributed by atoms with E-state index in [1.165, 1.54) is 23.1 Å². The van der Waals surface area contributed by atoms with E-state index < -0.39 is 57.9 Å². The number of fused-ring (bicyclic) bond motifs is 1. The molecule has 36 heavy (non-hydrogen) atoms. The first kappa shape index (κ1) is 25.4. The van der Waals surface area contributed by atoms with Gasteiger partial charge in [-0.25, -0.2) is 4.99 Å². The molecule has 0 aliphatic carbocycles. The van der Waals surface area contributed by atoms with E-state index in [1.54, 1.807) is 0 Å². The van der Waals surface area contributed by atoms with E-state index in [1.807, 2.05) is 0 Å². The standard InChI is InChI=1S/C23H15ClF5N3O4/c24-13-2-4-15(16(8-13)23(27,28)29)22(25,26)21(36)30-9-11-1-3-14-12(7-11)10-32(20(14)35)17-5-6-18(33)31-19(17)34/h1-4,7-9,17H,5-6,10H2,(H,31,33,34). The number of halogens is 6. The lowest BCUT2D eigenvalue weighted by Crippen LogP contribution is -2.52. The highest BCUT2D eigenvalue weighted by atomic mass is 35.5. The SMILES string of the molecule is O=C1CCC(N2Cc3cc(C=NC(=O)C(F)(F)c4ccc(Cl)cc4C(F)(F)F)ccc3C2=O)C(=O)N1. The Hall–Kier alpha value is -3.67. The Bertz CT molecular complexity index is 1330. The smallest absolute Gasteiger partial charge is 0.322 e. The number of alkyl halides is 5. The topological polar surface area (TPSA) is 95.9 Å². The first-order valence-electron chi connectivity index (χ1n) is 10.4. The Balaban J connectivity index is 1.55. The zero-order valence-corrected chi connectivity index (χ0v) is 18.8. The third-order valence-electron chi connectivity index (χ3n) is 5.77. The minimum Gasteiger partial charge on any atom is -0.322 e. The summed E-state index contributed by atoms with van der Waals surface area (Å²) in [5.74, 6) is -8.24. The van der Waals surface area contributed by atoms with Crippen molar-refractivity contribution < 1.29 is 41.1 Å². The number of aliphatic imine (C=N–C) groups is 1. The van der Waals surface area contributed by atoms with Gasteiger partial charge < -0.3 is 4.90 Å². The second-order valence-electron chi connectivity index (χ2n) is 8.14. The molecule has 0 saturated carbocycles. The van der Waals surface area contributed by atoms with E-state index >= 15 is 0 Å². The summed E-state index contributed by atoms with van der Waals surface area (Å²) in [6.45, 7) is -0.00799. The van der Waals surface area contributed by atoms with Gasteiger partial charge in [-0.3, -0.25) is 24.5 Å². The summed E-state index contributed by atoms with van der Waals surface area (Å²) in [6, 6.07) is 4.72. The van der Waals surface area contributed by atoms with E-state index in [-0.39, 0.29) is 30.5 Å². The fraction of sp³-hybridized carbons (Fsp3) is 0.261. The van der Waals surface area contributed by atoms with Crippen LogP contribution in [0, 0.1) is 0 Å². The van der Waals surface area contributed by atoms with E-state index in [9.17, 15) is 41.1 Å². The van der Waals surface area contributed by atoms with Crippen LogP contribution >= 0.6 is 11.6 Å². The van der Waals surface area contributed by atoms with Crippen molar-refractivity contribution in [3.63, 3.8) is 0 Å². The number of hydrogen-bond donors (Lipinski definition) is 1. The normalized spacial score (nSPS) is 18.6. The fourth-order valence-corrected chi connectivity index (χ4v) is 4.20. The predicted molar refractivity (Wildman–Crippen MR) is 115 cm³/mol. The quantitative estimate of drug-likeness (QED) is 0.371. The summed E-state index contributed by atoms with van der Waals surface area (Å²) < 4.78 is 69.0. The summed E-state index contributed by atoms with van der Waals surface area (Å²) >= 11 is 5.50. The molecule has 1 fully saturated rings. The number of piperidine rings is 1. The van der Waals surface area contributed by atoms with Crippen LogP contribution in [0.3, 0.4) is 0 Å². The number of benzene rings is 2. The van der Waals surface area contributed by atoms with Crippen LogP contribution in [-0.4, -0.2) is 40.8 Å². The molecule has 0 radical (unpaired) electrons. The summed E-state index contributed by atoms with van der Waals surface area (Å²) in [5, 5.41) is 1.73. The van der Waals surface area contributed by atoms with Crippen molar-refractivity contribution in [3.05, 3.63) is 69.2 Å². The Kier molecular flexibility index (Phi) is 6.41. The van der Waals surface area contributed by atoms with Crippen molar-refractivity contribution >= 4 is 41.4 Å². The van der Waals surface area contributed by atoms with Gasteiger partial charge in [-0.2, -0.15) is 22.0 Å². The molecule has 2 aromatic carbocycles. The minimum absolute atomic E-state index is 0.00799. The highest BCUT2D eigenvalue weighted by Gasteiger charge is 2.48. The third-order valence-corrected chi connectivity index (χ3v) is 6.01. The molecular weight excluding hydrogens is 513 g/mol. The van der Waals surface area contributed by atoms with Gasteiger partial charge in [0.15, 0.2) is 0 Å². The third kappa shape index (κ3) is 4.72. The molecule has 0 bridgehead atoms. The second-order valence-corrected chi connectivity index (χ2v) is 8.58. The van der Waals surface area contributed by atoms with Crippen LogP contribution < -0.4 is 5.32 Å². The number of carbonyl (C=O) groups is 4. The summed E-state index contributed by atoms with van der Waals surface area (Å²) in [5.41, 5.74) is -2.55. The first-order chi connectivity index (χ1) is 16.8. The lowest BCUT2D eigenvalue weighted by atomic mass is 10.0. The largest absolute Gasteiger partial charge is 0.416 e. The molecule has 1 N–H and O–H groups in total. The maximum atomic E-state index is 14.6. The van der Waals surface area contributed by atoms with Gasteiger partial charge in [0.1, 0.15) is 6.04 Å². The average Bonchev–Trinajstić information content (AvgIpc) is 3.12. The van der Waals surface area contributed by atoms with Gasteiger partial charge in [0, 0.05) is 35.3 Å². The van der Waals surface area contributed by atoms with Gasteiger partial charge in [0.05, 0.1) is 5.56 Å². The van der Waals surface area contributed by atoms with Crippen molar-refractivity contribution in [2.45, 2.75) is 37.5 Å². The number of imide groups is 1. The summed E-state index contributed by atoms with van der Waals surface area (Å²) in [4.78, 5) is 52.7. The maximum absolute atomic E-state index is 14.6. The molecule has 2 aromatic rings. The van der Waals surface area contributed by atoms with Crippen molar-refractivity contribution in [1.82, 2.24) is 10.2 Å². The zero-order valence-electron chi connectivity index (χ0n) is 18.0. The molecule has 1 unspecified atom stereocenters. The Morgan fingerprint density at radius 3 is 2.44 bits per heavy atom. The number of hydrogen-bond acceptors (Lipinski definition) is 4. The van der Waals surface area contributed by atoms with Crippen molar-refractivity contribution in [2.24, 2.45) is 4.99 Å². The van der Waals surface area contributed by atoms with Crippen molar-refractivity contribution in [3.8, 4) is 0 Å². The Labute approximate surface area is 204 Å². The predicted octanol–water partition coefficient (Wildman–Crippen LogP) is 3.86. The van der Waals surface area contributed by atoms with Gasteiger partial charge in [-0.15, -0.1) is 0 Å². The molecule has 1 atom stereocenters. The highest BCUT2D eigenvalue weighted by Crippen LogP contribution is 2.41. The van der Waals surface area contributed by atoms with Gasteiger partial charge >= 0.3 is 18.0 Å². The van der Waals surface area contributed by atoms with Crippen LogP contribution in [0.4, 0.5) is 22.0 Å².